The van der Waals surface area contributed by atoms with E-state index in [9.17, 15) is 9.59 Å². The standard InChI is InChI=1S/C19H18ClNO5/c1-24-16-7-6-12(20)10-14(16)19(23)26-11-18(22)21-15-8-9-25-17-5-3-2-4-13(15)17/h2-7,10,15H,8-9,11H2,1H3,(H,21,22). The molecule has 26 heavy (non-hydrogen) atoms. The summed E-state index contributed by atoms with van der Waals surface area (Å²) in [5.74, 6) is 0.0239. The summed E-state index contributed by atoms with van der Waals surface area (Å²) < 4.78 is 15.8. The third-order valence-electron chi connectivity index (χ3n) is 4.01. The molecule has 0 saturated heterocycles. The minimum Gasteiger partial charge on any atom is -0.496 e. The summed E-state index contributed by atoms with van der Waals surface area (Å²) in [7, 11) is 1.44. The molecular formula is C19H18ClNO5. The fourth-order valence-electron chi connectivity index (χ4n) is 2.78. The average Bonchev–Trinajstić information content (AvgIpc) is 2.66. The van der Waals surface area contributed by atoms with E-state index in [0.717, 1.165) is 11.3 Å². The SMILES string of the molecule is COc1ccc(Cl)cc1C(=O)OCC(=O)NC1CCOc2ccccc21. The minimum absolute atomic E-state index is 0.171. The maximum Gasteiger partial charge on any atom is 0.342 e. The van der Waals surface area contributed by atoms with Crippen molar-refractivity contribution in [2.45, 2.75) is 12.5 Å². The molecule has 7 heteroatoms. The van der Waals surface area contributed by atoms with E-state index in [0.29, 0.717) is 23.8 Å². The number of benzene rings is 2. The van der Waals surface area contributed by atoms with Crippen LogP contribution >= 0.6 is 11.6 Å². The molecule has 0 fully saturated rings. The van der Waals surface area contributed by atoms with E-state index in [4.69, 9.17) is 25.8 Å². The molecular weight excluding hydrogens is 358 g/mol. The summed E-state index contributed by atoms with van der Waals surface area (Å²) in [6, 6.07) is 12.0. The number of para-hydroxylation sites is 1. The van der Waals surface area contributed by atoms with E-state index in [1.54, 1.807) is 12.1 Å². The van der Waals surface area contributed by atoms with Crippen molar-refractivity contribution in [3.8, 4) is 11.5 Å². The Morgan fingerprint density at radius 2 is 2.08 bits per heavy atom. The Labute approximate surface area is 156 Å². The van der Waals surface area contributed by atoms with Crippen molar-refractivity contribution in [2.75, 3.05) is 20.3 Å². The first kappa shape index (κ1) is 18.1. The molecule has 136 valence electrons. The van der Waals surface area contributed by atoms with Crippen LogP contribution in [-0.2, 0) is 9.53 Å². The molecule has 0 spiro atoms. The highest BCUT2D eigenvalue weighted by Crippen LogP contribution is 2.31. The molecule has 2 aromatic carbocycles. The summed E-state index contributed by atoms with van der Waals surface area (Å²) in [5, 5.41) is 3.24. The van der Waals surface area contributed by atoms with Gasteiger partial charge in [0.15, 0.2) is 6.61 Å². The zero-order valence-corrected chi connectivity index (χ0v) is 14.9. The zero-order chi connectivity index (χ0) is 18.5. The van der Waals surface area contributed by atoms with Crippen molar-refractivity contribution in [1.29, 1.82) is 0 Å². The van der Waals surface area contributed by atoms with Gasteiger partial charge < -0.3 is 19.5 Å². The second kappa shape index (κ2) is 8.10. The Kier molecular flexibility index (Phi) is 5.63. The van der Waals surface area contributed by atoms with Crippen LogP contribution in [0.3, 0.4) is 0 Å². The van der Waals surface area contributed by atoms with E-state index in [1.807, 2.05) is 24.3 Å². The lowest BCUT2D eigenvalue weighted by Gasteiger charge is -2.26. The third kappa shape index (κ3) is 4.08. The Balaban J connectivity index is 1.60. The number of carbonyl (C=O) groups excluding carboxylic acids is 2. The molecule has 1 N–H and O–H groups in total. The second-order valence-corrected chi connectivity index (χ2v) is 6.15. The van der Waals surface area contributed by atoms with Gasteiger partial charge in [-0.25, -0.2) is 4.79 Å². The van der Waals surface area contributed by atoms with Gasteiger partial charge in [0.25, 0.3) is 5.91 Å². The number of halogens is 1. The van der Waals surface area contributed by atoms with Crippen LogP contribution in [0.4, 0.5) is 0 Å². The van der Waals surface area contributed by atoms with Crippen molar-refractivity contribution in [3.63, 3.8) is 0 Å². The fraction of sp³-hybridized carbons (Fsp3) is 0.263. The molecule has 0 aromatic heterocycles. The van der Waals surface area contributed by atoms with Crippen molar-refractivity contribution >= 4 is 23.5 Å². The Morgan fingerprint density at radius 3 is 2.88 bits per heavy atom. The lowest BCUT2D eigenvalue weighted by molar-refractivity contribution is -0.125. The van der Waals surface area contributed by atoms with Crippen LogP contribution in [0.15, 0.2) is 42.5 Å². The van der Waals surface area contributed by atoms with Gasteiger partial charge in [0.1, 0.15) is 17.1 Å². The number of fused-ring (bicyclic) bond motifs is 1. The van der Waals surface area contributed by atoms with E-state index in [1.165, 1.54) is 13.2 Å². The van der Waals surface area contributed by atoms with Gasteiger partial charge in [0.05, 0.1) is 19.8 Å². The molecule has 1 unspecified atom stereocenters. The highest BCUT2D eigenvalue weighted by Gasteiger charge is 2.23. The molecule has 0 saturated carbocycles. The number of nitrogens with one attached hydrogen (secondary N) is 1. The molecule has 1 atom stereocenters. The number of methoxy groups -OCH3 is 1. The van der Waals surface area contributed by atoms with Crippen LogP contribution < -0.4 is 14.8 Å². The van der Waals surface area contributed by atoms with Gasteiger partial charge in [-0.3, -0.25) is 4.79 Å². The highest BCUT2D eigenvalue weighted by molar-refractivity contribution is 6.31. The van der Waals surface area contributed by atoms with Crippen molar-refractivity contribution in [3.05, 3.63) is 58.6 Å². The Hall–Kier alpha value is -2.73. The Morgan fingerprint density at radius 1 is 1.27 bits per heavy atom. The number of hydrogen-bond donors (Lipinski definition) is 1. The number of carbonyl (C=O) groups is 2. The first-order valence-electron chi connectivity index (χ1n) is 8.10. The lowest BCUT2D eigenvalue weighted by atomic mass is 10.0. The van der Waals surface area contributed by atoms with Gasteiger partial charge in [-0.05, 0) is 24.3 Å². The summed E-state index contributed by atoms with van der Waals surface area (Å²) >= 11 is 5.90. The number of hydrogen-bond acceptors (Lipinski definition) is 5. The second-order valence-electron chi connectivity index (χ2n) is 5.72. The summed E-state index contributed by atoms with van der Waals surface area (Å²) in [4.78, 5) is 24.4. The highest BCUT2D eigenvalue weighted by atomic mass is 35.5. The molecule has 1 aliphatic heterocycles. The largest absolute Gasteiger partial charge is 0.496 e. The van der Waals surface area contributed by atoms with Crippen molar-refractivity contribution in [2.24, 2.45) is 0 Å². The molecule has 1 heterocycles. The molecule has 6 nitrogen and oxygen atoms in total. The molecule has 1 aliphatic rings. The Bertz CT molecular complexity index is 823. The maximum atomic E-state index is 12.2. The van der Waals surface area contributed by atoms with E-state index in [-0.39, 0.29) is 17.5 Å². The predicted molar refractivity (Wildman–Crippen MR) is 95.7 cm³/mol. The number of ether oxygens (including phenoxy) is 3. The van der Waals surface area contributed by atoms with Crippen LogP contribution in [0.25, 0.3) is 0 Å². The normalized spacial score (nSPS) is 15.4. The molecule has 0 radical (unpaired) electrons. The van der Waals surface area contributed by atoms with Gasteiger partial charge in [-0.15, -0.1) is 0 Å². The lowest BCUT2D eigenvalue weighted by Crippen LogP contribution is -2.35. The predicted octanol–water partition coefficient (Wildman–Crippen LogP) is 3.15. The monoisotopic (exact) mass is 375 g/mol. The fourth-order valence-corrected chi connectivity index (χ4v) is 2.95. The van der Waals surface area contributed by atoms with Crippen LogP contribution in [0.1, 0.15) is 28.4 Å². The topological polar surface area (TPSA) is 73.9 Å². The van der Waals surface area contributed by atoms with Gasteiger partial charge in [-0.2, -0.15) is 0 Å². The van der Waals surface area contributed by atoms with Crippen molar-refractivity contribution in [1.82, 2.24) is 5.32 Å². The molecule has 2 aromatic rings. The quantitative estimate of drug-likeness (QED) is 0.813. The molecule has 3 rings (SSSR count). The van der Waals surface area contributed by atoms with Gasteiger partial charge in [0, 0.05) is 17.0 Å². The molecule has 1 amide bonds. The van der Waals surface area contributed by atoms with Crippen LogP contribution in [0.2, 0.25) is 5.02 Å². The first-order valence-corrected chi connectivity index (χ1v) is 8.48. The van der Waals surface area contributed by atoms with E-state index >= 15 is 0 Å². The zero-order valence-electron chi connectivity index (χ0n) is 14.2. The minimum atomic E-state index is -0.674. The third-order valence-corrected chi connectivity index (χ3v) is 4.24. The first-order chi connectivity index (χ1) is 12.6. The van der Waals surface area contributed by atoms with Gasteiger partial charge in [0.2, 0.25) is 0 Å². The van der Waals surface area contributed by atoms with Crippen LogP contribution in [0.5, 0.6) is 11.5 Å². The van der Waals surface area contributed by atoms with Crippen LogP contribution in [0, 0.1) is 0 Å². The molecule has 0 bridgehead atoms. The van der Waals surface area contributed by atoms with Gasteiger partial charge in [-0.1, -0.05) is 29.8 Å². The van der Waals surface area contributed by atoms with E-state index < -0.39 is 12.6 Å². The average molecular weight is 376 g/mol. The maximum absolute atomic E-state index is 12.2. The number of amides is 1. The van der Waals surface area contributed by atoms with Crippen molar-refractivity contribution < 1.29 is 23.8 Å². The summed E-state index contributed by atoms with van der Waals surface area (Å²) in [6.07, 6.45) is 0.652. The smallest absolute Gasteiger partial charge is 0.342 e. The van der Waals surface area contributed by atoms with Gasteiger partial charge >= 0.3 is 5.97 Å². The van der Waals surface area contributed by atoms with Crippen LogP contribution in [-0.4, -0.2) is 32.2 Å². The number of rotatable bonds is 5. The molecule has 0 aliphatic carbocycles. The summed E-state index contributed by atoms with van der Waals surface area (Å²) in [6.45, 7) is 0.121. The number of esters is 1. The summed E-state index contributed by atoms with van der Waals surface area (Å²) in [5.41, 5.74) is 1.08. The van der Waals surface area contributed by atoms with E-state index in [2.05, 4.69) is 5.32 Å².